The monoisotopic (exact) mass is 241 g/mol. The first kappa shape index (κ1) is 12.2. The number of hydrogen-bond acceptors (Lipinski definition) is 2. The Bertz CT molecular complexity index is 573. The van der Waals surface area contributed by atoms with E-state index in [0.29, 0.717) is 18.8 Å². The largest absolute Gasteiger partial charge is 0.483 e. The summed E-state index contributed by atoms with van der Waals surface area (Å²) in [6.45, 7) is 4.05. The summed E-state index contributed by atoms with van der Waals surface area (Å²) in [6, 6.07) is 11.2. The first-order chi connectivity index (χ1) is 8.81. The predicted molar refractivity (Wildman–Crippen MR) is 71.7 cm³/mol. The van der Waals surface area contributed by atoms with Crippen LogP contribution in [-0.4, -0.2) is 4.98 Å². The van der Waals surface area contributed by atoms with Gasteiger partial charge in [-0.05, 0) is 5.56 Å². The molecule has 1 heterocycles. The molecule has 0 atom stereocenters. The van der Waals surface area contributed by atoms with Gasteiger partial charge in [0, 0.05) is 18.7 Å². The fourth-order valence-electron chi connectivity index (χ4n) is 1.69. The van der Waals surface area contributed by atoms with Gasteiger partial charge in [0.15, 0.2) is 5.75 Å². The lowest BCUT2D eigenvalue weighted by molar-refractivity contribution is 0.299. The molecule has 3 nitrogen and oxygen atoms in total. The molecule has 0 fully saturated rings. The van der Waals surface area contributed by atoms with Crippen molar-refractivity contribution in [3.63, 3.8) is 0 Å². The van der Waals surface area contributed by atoms with E-state index in [0.717, 1.165) is 11.3 Å². The lowest BCUT2D eigenvalue weighted by Crippen LogP contribution is -2.11. The average Bonchev–Trinajstić information content (AvgIpc) is 2.40. The molecular weight excluding hydrogens is 226 g/mol. The minimum atomic E-state index is -0.110. The highest BCUT2D eigenvalue weighted by molar-refractivity contribution is 5.29. The predicted octanol–water partition coefficient (Wildman–Crippen LogP) is 2.68. The van der Waals surface area contributed by atoms with Crippen molar-refractivity contribution in [3.05, 3.63) is 76.7 Å². The topological polar surface area (TPSA) is 42.1 Å². The Hall–Kier alpha value is -2.29. The molecular formula is C15H15NO2. The number of aromatic nitrogens is 1. The van der Waals surface area contributed by atoms with Crippen LogP contribution in [0.2, 0.25) is 0 Å². The van der Waals surface area contributed by atoms with E-state index < -0.39 is 0 Å². The van der Waals surface area contributed by atoms with Gasteiger partial charge in [-0.1, -0.05) is 36.4 Å². The van der Waals surface area contributed by atoms with Crippen molar-refractivity contribution in [2.45, 2.75) is 13.0 Å². The van der Waals surface area contributed by atoms with Crippen LogP contribution < -0.4 is 10.2 Å². The van der Waals surface area contributed by atoms with E-state index >= 15 is 0 Å². The lowest BCUT2D eigenvalue weighted by Gasteiger charge is -2.09. The Kier molecular flexibility index (Phi) is 3.97. The van der Waals surface area contributed by atoms with Gasteiger partial charge in [-0.15, -0.1) is 6.58 Å². The van der Waals surface area contributed by atoms with Crippen LogP contribution in [0.5, 0.6) is 5.75 Å². The van der Waals surface area contributed by atoms with Crippen LogP contribution in [0.4, 0.5) is 0 Å². The molecule has 0 aliphatic rings. The SMILES string of the molecule is C=CCc1[nH]ccc(=O)c1OCc1ccccc1. The van der Waals surface area contributed by atoms with Gasteiger partial charge in [-0.3, -0.25) is 4.79 Å². The molecule has 0 aliphatic carbocycles. The van der Waals surface area contributed by atoms with Crippen LogP contribution in [0.15, 0.2) is 60.0 Å². The highest BCUT2D eigenvalue weighted by Crippen LogP contribution is 2.13. The van der Waals surface area contributed by atoms with Gasteiger partial charge in [0.2, 0.25) is 5.43 Å². The van der Waals surface area contributed by atoms with Crippen molar-refractivity contribution in [3.8, 4) is 5.75 Å². The minimum Gasteiger partial charge on any atom is -0.483 e. The van der Waals surface area contributed by atoms with Crippen LogP contribution in [0.1, 0.15) is 11.3 Å². The summed E-state index contributed by atoms with van der Waals surface area (Å²) in [7, 11) is 0. The maximum Gasteiger partial charge on any atom is 0.223 e. The first-order valence-electron chi connectivity index (χ1n) is 5.79. The molecule has 0 spiro atoms. The summed E-state index contributed by atoms with van der Waals surface area (Å²) in [6.07, 6.45) is 3.94. The van der Waals surface area contributed by atoms with Crippen molar-refractivity contribution >= 4 is 0 Å². The van der Waals surface area contributed by atoms with E-state index in [9.17, 15) is 4.79 Å². The van der Waals surface area contributed by atoms with Crippen molar-refractivity contribution in [1.82, 2.24) is 4.98 Å². The van der Waals surface area contributed by atoms with Gasteiger partial charge in [0.25, 0.3) is 0 Å². The van der Waals surface area contributed by atoms with Gasteiger partial charge in [0.1, 0.15) is 6.61 Å². The van der Waals surface area contributed by atoms with Crippen LogP contribution in [-0.2, 0) is 13.0 Å². The van der Waals surface area contributed by atoms with Gasteiger partial charge in [-0.25, -0.2) is 0 Å². The summed E-state index contributed by atoms with van der Waals surface area (Å²) in [5.41, 5.74) is 1.68. The molecule has 3 heteroatoms. The van der Waals surface area contributed by atoms with E-state index in [1.807, 2.05) is 30.3 Å². The lowest BCUT2D eigenvalue weighted by atomic mass is 10.2. The number of benzene rings is 1. The van der Waals surface area contributed by atoms with Crippen molar-refractivity contribution < 1.29 is 4.74 Å². The smallest absolute Gasteiger partial charge is 0.223 e. The zero-order valence-electron chi connectivity index (χ0n) is 10.1. The summed E-state index contributed by atoms with van der Waals surface area (Å²) in [5.74, 6) is 0.376. The zero-order chi connectivity index (χ0) is 12.8. The van der Waals surface area contributed by atoms with Gasteiger partial charge >= 0.3 is 0 Å². The zero-order valence-corrected chi connectivity index (χ0v) is 10.1. The van der Waals surface area contributed by atoms with E-state index in [4.69, 9.17) is 4.74 Å². The van der Waals surface area contributed by atoms with E-state index in [2.05, 4.69) is 11.6 Å². The molecule has 1 aromatic carbocycles. The van der Waals surface area contributed by atoms with Gasteiger partial charge in [0.05, 0.1) is 5.69 Å². The van der Waals surface area contributed by atoms with Crippen molar-refractivity contribution in [1.29, 1.82) is 0 Å². The van der Waals surface area contributed by atoms with E-state index in [1.165, 1.54) is 6.07 Å². The van der Waals surface area contributed by atoms with Crippen molar-refractivity contribution in [2.75, 3.05) is 0 Å². The third kappa shape index (κ3) is 2.88. The number of hydrogen-bond donors (Lipinski definition) is 1. The molecule has 0 radical (unpaired) electrons. The second-order valence-electron chi connectivity index (χ2n) is 3.92. The van der Waals surface area contributed by atoms with Gasteiger partial charge < -0.3 is 9.72 Å². The molecule has 1 N–H and O–H groups in total. The highest BCUT2D eigenvalue weighted by Gasteiger charge is 2.07. The summed E-state index contributed by atoms with van der Waals surface area (Å²) >= 11 is 0. The van der Waals surface area contributed by atoms with Crippen LogP contribution in [0.3, 0.4) is 0 Å². The fourth-order valence-corrected chi connectivity index (χ4v) is 1.69. The number of rotatable bonds is 5. The maximum atomic E-state index is 11.8. The third-order valence-corrected chi connectivity index (χ3v) is 2.56. The number of ether oxygens (including phenoxy) is 1. The summed E-state index contributed by atoms with van der Waals surface area (Å²) in [5, 5.41) is 0. The first-order valence-corrected chi connectivity index (χ1v) is 5.79. The van der Waals surface area contributed by atoms with E-state index in [1.54, 1.807) is 12.3 Å². The Morgan fingerprint density at radius 1 is 1.22 bits per heavy atom. The fraction of sp³-hybridized carbons (Fsp3) is 0.133. The number of nitrogens with one attached hydrogen (secondary N) is 1. The summed E-state index contributed by atoms with van der Waals surface area (Å²) in [4.78, 5) is 14.8. The number of allylic oxidation sites excluding steroid dienone is 1. The Labute approximate surface area is 106 Å². The second-order valence-corrected chi connectivity index (χ2v) is 3.92. The third-order valence-electron chi connectivity index (χ3n) is 2.56. The maximum absolute atomic E-state index is 11.8. The Morgan fingerprint density at radius 2 is 2.00 bits per heavy atom. The Morgan fingerprint density at radius 3 is 2.72 bits per heavy atom. The normalized spacial score (nSPS) is 10.0. The molecule has 18 heavy (non-hydrogen) atoms. The minimum absolute atomic E-state index is 0.110. The number of pyridine rings is 1. The average molecular weight is 241 g/mol. The molecule has 0 bridgehead atoms. The van der Waals surface area contributed by atoms with Crippen LogP contribution in [0.25, 0.3) is 0 Å². The molecule has 0 unspecified atom stereocenters. The summed E-state index contributed by atoms with van der Waals surface area (Å²) < 4.78 is 5.62. The molecule has 0 saturated carbocycles. The number of aromatic amines is 1. The molecule has 0 aliphatic heterocycles. The Balaban J connectivity index is 2.18. The van der Waals surface area contributed by atoms with Gasteiger partial charge in [-0.2, -0.15) is 0 Å². The second kappa shape index (κ2) is 5.87. The quantitative estimate of drug-likeness (QED) is 0.818. The van der Waals surface area contributed by atoms with Crippen molar-refractivity contribution in [2.24, 2.45) is 0 Å². The highest BCUT2D eigenvalue weighted by atomic mass is 16.5. The molecule has 0 amide bonds. The molecule has 2 rings (SSSR count). The molecule has 1 aromatic heterocycles. The standard InChI is InChI=1S/C15H15NO2/c1-2-6-13-15(14(17)9-10-16-13)18-11-12-7-4-3-5-8-12/h2-5,7-10H,1,6,11H2,(H,16,17). The van der Waals surface area contributed by atoms with E-state index in [-0.39, 0.29) is 5.43 Å². The molecule has 0 saturated heterocycles. The molecule has 2 aromatic rings. The number of H-pyrrole nitrogens is 1. The van der Waals surface area contributed by atoms with Crippen LogP contribution in [0, 0.1) is 0 Å². The molecule has 92 valence electrons. The van der Waals surface area contributed by atoms with Crippen LogP contribution >= 0.6 is 0 Å².